The van der Waals surface area contributed by atoms with E-state index in [2.05, 4.69) is 5.32 Å². The van der Waals surface area contributed by atoms with Crippen LogP contribution in [0, 0.1) is 11.8 Å². The Labute approximate surface area is 122 Å². The van der Waals surface area contributed by atoms with Crippen LogP contribution in [0.5, 0.6) is 0 Å². The molecule has 1 aromatic rings. The lowest BCUT2D eigenvalue weighted by Gasteiger charge is -2.38. The number of carbonyl (C=O) groups is 3. The zero-order valence-corrected chi connectivity index (χ0v) is 11.5. The van der Waals surface area contributed by atoms with Crippen LogP contribution in [0.3, 0.4) is 0 Å². The van der Waals surface area contributed by atoms with Gasteiger partial charge in [0.15, 0.2) is 5.78 Å². The van der Waals surface area contributed by atoms with Crippen LogP contribution < -0.4 is 5.32 Å². The largest absolute Gasteiger partial charge is 0.322 e. The average Bonchev–Trinajstić information content (AvgIpc) is 2.53. The molecule has 0 spiro atoms. The lowest BCUT2D eigenvalue weighted by molar-refractivity contribution is -0.127. The predicted octanol–water partition coefficient (Wildman–Crippen LogP) is 2.26. The van der Waals surface area contributed by atoms with E-state index in [-0.39, 0.29) is 35.0 Å². The van der Waals surface area contributed by atoms with Crippen molar-refractivity contribution in [3.05, 3.63) is 46.7 Å². The number of amides is 1. The van der Waals surface area contributed by atoms with Crippen LogP contribution in [-0.2, 0) is 4.79 Å². The molecule has 0 saturated heterocycles. The number of rotatable bonds is 0. The van der Waals surface area contributed by atoms with Crippen LogP contribution in [0.1, 0.15) is 46.4 Å². The Morgan fingerprint density at radius 3 is 2.19 bits per heavy atom. The Morgan fingerprint density at radius 1 is 0.857 bits per heavy atom. The number of hydrogen-bond acceptors (Lipinski definition) is 3. The van der Waals surface area contributed by atoms with Crippen molar-refractivity contribution >= 4 is 17.5 Å². The summed E-state index contributed by atoms with van der Waals surface area (Å²) < 4.78 is 0. The summed E-state index contributed by atoms with van der Waals surface area (Å²) in [5.74, 6) is -0.652. The third kappa shape index (κ3) is 1.65. The fourth-order valence-electron chi connectivity index (χ4n) is 3.88. The van der Waals surface area contributed by atoms with Crippen LogP contribution in [0.4, 0.5) is 0 Å². The summed E-state index contributed by atoms with van der Waals surface area (Å²) in [5, 5.41) is 2.71. The number of fused-ring (bicyclic) bond motifs is 3. The van der Waals surface area contributed by atoms with E-state index in [0.29, 0.717) is 16.7 Å². The quantitative estimate of drug-likeness (QED) is 0.793. The molecule has 0 aromatic heterocycles. The summed E-state index contributed by atoms with van der Waals surface area (Å²) in [6.07, 6.45) is 3.64. The standard InChI is InChI=1S/C17H15NO3/c19-15-10-6-2-3-7-11(10)16(20)14-13(15)9-5-1-4-8-12(9)17(21)18-14/h2-3,6-7,9,12H,1,4-5,8H2,(H,18,21)/t9-,12+/m0/s1. The highest BCUT2D eigenvalue weighted by Crippen LogP contribution is 2.42. The zero-order valence-electron chi connectivity index (χ0n) is 11.5. The molecule has 21 heavy (non-hydrogen) atoms. The Balaban J connectivity index is 1.90. The van der Waals surface area contributed by atoms with Gasteiger partial charge in [-0.05, 0) is 12.8 Å². The van der Waals surface area contributed by atoms with E-state index in [1.54, 1.807) is 24.3 Å². The van der Waals surface area contributed by atoms with Gasteiger partial charge in [-0.2, -0.15) is 0 Å². The number of carbonyl (C=O) groups excluding carboxylic acids is 3. The van der Waals surface area contributed by atoms with Crippen molar-refractivity contribution in [2.75, 3.05) is 0 Å². The maximum absolute atomic E-state index is 12.8. The van der Waals surface area contributed by atoms with Gasteiger partial charge in [-0.1, -0.05) is 37.1 Å². The van der Waals surface area contributed by atoms with Crippen LogP contribution in [0.25, 0.3) is 0 Å². The first-order valence-electron chi connectivity index (χ1n) is 7.42. The summed E-state index contributed by atoms with van der Waals surface area (Å²) >= 11 is 0. The molecule has 3 aliphatic rings. The molecule has 1 N–H and O–H groups in total. The molecule has 4 nitrogen and oxygen atoms in total. The van der Waals surface area contributed by atoms with Gasteiger partial charge < -0.3 is 5.32 Å². The van der Waals surface area contributed by atoms with Crippen molar-refractivity contribution in [3.63, 3.8) is 0 Å². The molecule has 1 heterocycles. The molecule has 0 bridgehead atoms. The van der Waals surface area contributed by atoms with Gasteiger partial charge in [0.2, 0.25) is 11.7 Å². The molecular weight excluding hydrogens is 266 g/mol. The third-order valence-electron chi connectivity index (χ3n) is 4.88. The molecule has 106 valence electrons. The molecule has 1 aliphatic heterocycles. The first-order valence-corrected chi connectivity index (χ1v) is 7.42. The van der Waals surface area contributed by atoms with Crippen LogP contribution in [-0.4, -0.2) is 17.5 Å². The lowest BCUT2D eigenvalue weighted by Crippen LogP contribution is -2.48. The maximum atomic E-state index is 12.8. The third-order valence-corrected chi connectivity index (χ3v) is 4.88. The minimum absolute atomic E-state index is 0.0860. The van der Waals surface area contributed by atoms with Crippen molar-refractivity contribution in [1.82, 2.24) is 5.32 Å². The summed E-state index contributed by atoms with van der Waals surface area (Å²) in [6, 6.07) is 6.87. The minimum atomic E-state index is -0.224. The molecular formula is C17H15NO3. The van der Waals surface area contributed by atoms with Crippen molar-refractivity contribution in [2.24, 2.45) is 11.8 Å². The van der Waals surface area contributed by atoms with Gasteiger partial charge in [-0.25, -0.2) is 0 Å². The molecule has 2 aliphatic carbocycles. The number of benzene rings is 1. The van der Waals surface area contributed by atoms with Gasteiger partial charge in [0.05, 0.1) is 5.70 Å². The maximum Gasteiger partial charge on any atom is 0.228 e. The first kappa shape index (κ1) is 12.5. The van der Waals surface area contributed by atoms with Gasteiger partial charge in [0.25, 0.3) is 0 Å². The monoisotopic (exact) mass is 281 g/mol. The second-order valence-corrected chi connectivity index (χ2v) is 5.98. The number of hydrogen-bond donors (Lipinski definition) is 1. The minimum Gasteiger partial charge on any atom is -0.322 e. The van der Waals surface area contributed by atoms with Gasteiger partial charge >= 0.3 is 0 Å². The van der Waals surface area contributed by atoms with Gasteiger partial charge in [-0.15, -0.1) is 0 Å². The Morgan fingerprint density at radius 2 is 1.48 bits per heavy atom. The predicted molar refractivity (Wildman–Crippen MR) is 75.7 cm³/mol. The first-order chi connectivity index (χ1) is 10.2. The smallest absolute Gasteiger partial charge is 0.228 e. The highest BCUT2D eigenvalue weighted by Gasteiger charge is 2.45. The highest BCUT2D eigenvalue weighted by molar-refractivity contribution is 6.28. The topological polar surface area (TPSA) is 63.2 Å². The summed E-state index contributed by atoms with van der Waals surface area (Å²) in [4.78, 5) is 37.6. The van der Waals surface area contributed by atoms with E-state index in [0.717, 1.165) is 25.7 Å². The highest BCUT2D eigenvalue weighted by atomic mass is 16.2. The van der Waals surface area contributed by atoms with Gasteiger partial charge in [0, 0.05) is 28.5 Å². The molecule has 0 unspecified atom stereocenters. The molecule has 1 aromatic carbocycles. The van der Waals surface area contributed by atoms with E-state index in [1.165, 1.54) is 0 Å². The van der Waals surface area contributed by atoms with Crippen LogP contribution >= 0.6 is 0 Å². The molecule has 4 rings (SSSR count). The number of nitrogens with one attached hydrogen (secondary N) is 1. The molecule has 4 heteroatoms. The fourth-order valence-corrected chi connectivity index (χ4v) is 3.88. The molecule has 2 atom stereocenters. The SMILES string of the molecule is O=C1C2=C(C(=O)c3ccccc31)[C@H]1CCCC[C@H]1C(=O)N2. The molecule has 1 fully saturated rings. The van der Waals surface area contributed by atoms with Crippen molar-refractivity contribution in [3.8, 4) is 0 Å². The van der Waals surface area contributed by atoms with E-state index in [9.17, 15) is 14.4 Å². The normalized spacial score (nSPS) is 27.7. The molecule has 0 radical (unpaired) electrons. The Kier molecular flexibility index (Phi) is 2.61. The van der Waals surface area contributed by atoms with E-state index in [1.807, 2.05) is 0 Å². The Bertz CT molecular complexity index is 717. The van der Waals surface area contributed by atoms with Gasteiger partial charge in [0.1, 0.15) is 0 Å². The van der Waals surface area contributed by atoms with Crippen LogP contribution in [0.15, 0.2) is 35.5 Å². The van der Waals surface area contributed by atoms with E-state index < -0.39 is 0 Å². The summed E-state index contributed by atoms with van der Waals surface area (Å²) in [5.41, 5.74) is 1.65. The number of Topliss-reactive ketones (excluding diaryl/α,β-unsaturated/α-hetero) is 2. The summed E-state index contributed by atoms with van der Waals surface area (Å²) in [6.45, 7) is 0. The van der Waals surface area contributed by atoms with E-state index >= 15 is 0 Å². The average molecular weight is 281 g/mol. The number of allylic oxidation sites excluding steroid dienone is 2. The molecule has 1 saturated carbocycles. The molecule has 1 amide bonds. The van der Waals surface area contributed by atoms with Crippen LogP contribution in [0.2, 0.25) is 0 Å². The Hall–Kier alpha value is -2.23. The zero-order chi connectivity index (χ0) is 14.6. The summed E-state index contributed by atoms with van der Waals surface area (Å²) in [7, 11) is 0. The second kappa shape index (κ2) is 4.38. The fraction of sp³-hybridized carbons (Fsp3) is 0.353. The van der Waals surface area contributed by atoms with Gasteiger partial charge in [-0.3, -0.25) is 14.4 Å². The van der Waals surface area contributed by atoms with Crippen molar-refractivity contribution in [2.45, 2.75) is 25.7 Å². The van der Waals surface area contributed by atoms with E-state index in [4.69, 9.17) is 0 Å². The van der Waals surface area contributed by atoms with Crippen molar-refractivity contribution < 1.29 is 14.4 Å². The number of ketones is 2. The van der Waals surface area contributed by atoms with Crippen molar-refractivity contribution in [1.29, 1.82) is 0 Å². The second-order valence-electron chi connectivity index (χ2n) is 5.98. The lowest BCUT2D eigenvalue weighted by atomic mass is 9.68.